The van der Waals surface area contributed by atoms with Crippen molar-refractivity contribution in [3.8, 4) is 11.1 Å². The van der Waals surface area contributed by atoms with E-state index in [1.807, 2.05) is 54.6 Å². The number of aliphatic carboxylic acids is 1. The van der Waals surface area contributed by atoms with Crippen molar-refractivity contribution in [3.63, 3.8) is 0 Å². The second-order valence-corrected chi connectivity index (χ2v) is 11.2. The van der Waals surface area contributed by atoms with Crippen LogP contribution in [-0.2, 0) is 23.9 Å². The number of benzene rings is 4. The van der Waals surface area contributed by atoms with Crippen molar-refractivity contribution in [2.75, 3.05) is 11.4 Å². The second kappa shape index (κ2) is 11.1. The Morgan fingerprint density at radius 3 is 2.30 bits per heavy atom. The fourth-order valence-electron chi connectivity index (χ4n) is 5.79. The number of aromatic nitrogens is 1. The van der Waals surface area contributed by atoms with E-state index in [0.717, 1.165) is 38.6 Å². The molecule has 1 aliphatic heterocycles. The van der Waals surface area contributed by atoms with Gasteiger partial charge in [0, 0.05) is 28.9 Å². The molecule has 0 saturated heterocycles. The number of rotatable bonds is 6. The third-order valence-corrected chi connectivity index (χ3v) is 8.46. The van der Waals surface area contributed by atoms with Crippen molar-refractivity contribution in [1.29, 1.82) is 0 Å². The van der Waals surface area contributed by atoms with Crippen LogP contribution >= 0.6 is 23.2 Å². The Morgan fingerprint density at radius 2 is 1.60 bits per heavy atom. The summed E-state index contributed by atoms with van der Waals surface area (Å²) in [4.78, 5) is 28.0. The van der Waals surface area contributed by atoms with Crippen molar-refractivity contribution in [2.45, 2.75) is 25.2 Å². The molecule has 10 heteroatoms. The maximum absolute atomic E-state index is 13.9. The van der Waals surface area contributed by atoms with E-state index in [1.165, 1.54) is 12.1 Å². The largest absolute Gasteiger partial charge is 0.480 e. The first kappa shape index (κ1) is 28.8. The number of hydrogen-bond acceptors (Lipinski definition) is 3. The number of pyridine rings is 1. The molecule has 1 aliphatic rings. The van der Waals surface area contributed by atoms with Gasteiger partial charge in [0.05, 0.1) is 12.1 Å². The van der Waals surface area contributed by atoms with Crippen LogP contribution in [0.3, 0.4) is 0 Å². The molecule has 0 bridgehead atoms. The van der Waals surface area contributed by atoms with Gasteiger partial charge in [0.2, 0.25) is 0 Å². The summed E-state index contributed by atoms with van der Waals surface area (Å²) in [5.41, 5.74) is 0.727. The summed E-state index contributed by atoms with van der Waals surface area (Å²) in [6.45, 7) is 0.149. The monoisotopic (exact) mass is 622 g/mol. The third kappa shape index (κ3) is 5.26. The molecule has 1 aromatic heterocycles. The van der Waals surface area contributed by atoms with Crippen molar-refractivity contribution >= 4 is 45.8 Å². The Morgan fingerprint density at radius 1 is 0.907 bits per heavy atom. The smallest absolute Gasteiger partial charge is 0.416 e. The minimum absolute atomic E-state index is 0.0743. The second-order valence-electron chi connectivity index (χ2n) is 10.4. The molecule has 43 heavy (non-hydrogen) atoms. The summed E-state index contributed by atoms with van der Waals surface area (Å²) in [6, 6.07) is 23.6. The van der Waals surface area contributed by atoms with E-state index in [2.05, 4.69) is 0 Å². The van der Waals surface area contributed by atoms with Crippen LogP contribution in [0, 0.1) is 0 Å². The van der Waals surface area contributed by atoms with Gasteiger partial charge in [-0.15, -0.1) is 0 Å². The van der Waals surface area contributed by atoms with Crippen LogP contribution in [0.5, 0.6) is 0 Å². The van der Waals surface area contributed by atoms with Gasteiger partial charge < -0.3 is 10.0 Å². The lowest BCUT2D eigenvalue weighted by Crippen LogP contribution is -2.29. The number of halogens is 5. The SMILES string of the molecule is O=C(O)C1CN(Cc2ccccc2)c2c(-c3cccc(C(F)(F)F)c3)c(Cc3ccc(Cl)c4ccccc34)c(Cl)c(=O)n21. The number of nitrogens with zero attached hydrogens (tertiary/aromatic N) is 2. The fourth-order valence-corrected chi connectivity index (χ4v) is 6.27. The number of carboxylic acids is 1. The molecule has 0 fully saturated rings. The molecular weight excluding hydrogens is 600 g/mol. The van der Waals surface area contributed by atoms with E-state index >= 15 is 0 Å². The standard InChI is InChI=1S/C33H23Cl2F3N2O3/c34-26-14-13-20(23-11-4-5-12-24(23)26)16-25-28(21-9-6-10-22(15-21)33(36,37)38)30-39(17-19-7-2-1-3-8-19)18-27(32(42)43)40(30)31(41)29(25)35/h1-15,27H,16-18H2,(H,42,43). The Bertz CT molecular complexity index is 1940. The van der Waals surface area contributed by atoms with Crippen LogP contribution < -0.4 is 10.5 Å². The van der Waals surface area contributed by atoms with E-state index in [-0.39, 0.29) is 41.5 Å². The Balaban J connectivity index is 1.66. The van der Waals surface area contributed by atoms with Gasteiger partial charge in [-0.25, -0.2) is 4.79 Å². The summed E-state index contributed by atoms with van der Waals surface area (Å²) < 4.78 is 42.8. The molecule has 218 valence electrons. The van der Waals surface area contributed by atoms with Gasteiger partial charge in [0.15, 0.2) is 6.04 Å². The average Bonchev–Trinajstić information content (AvgIpc) is 3.36. The van der Waals surface area contributed by atoms with Gasteiger partial charge in [0.1, 0.15) is 10.8 Å². The third-order valence-electron chi connectivity index (χ3n) is 7.74. The highest BCUT2D eigenvalue weighted by atomic mass is 35.5. The lowest BCUT2D eigenvalue weighted by molar-refractivity contribution is -0.140. The highest BCUT2D eigenvalue weighted by Crippen LogP contribution is 2.44. The number of fused-ring (bicyclic) bond motifs is 2. The highest BCUT2D eigenvalue weighted by molar-refractivity contribution is 6.35. The molecule has 0 spiro atoms. The predicted molar refractivity (Wildman–Crippen MR) is 162 cm³/mol. The minimum atomic E-state index is -4.63. The topological polar surface area (TPSA) is 62.5 Å². The van der Waals surface area contributed by atoms with Crippen LogP contribution in [0.2, 0.25) is 10.0 Å². The summed E-state index contributed by atoms with van der Waals surface area (Å²) in [5, 5.41) is 12.0. The molecule has 0 saturated carbocycles. The van der Waals surface area contributed by atoms with E-state index in [9.17, 15) is 27.9 Å². The Hall–Kier alpha value is -4.27. The maximum Gasteiger partial charge on any atom is 0.416 e. The summed E-state index contributed by atoms with van der Waals surface area (Å²) in [5.74, 6) is -1.04. The van der Waals surface area contributed by atoms with Crippen molar-refractivity contribution in [1.82, 2.24) is 4.57 Å². The highest BCUT2D eigenvalue weighted by Gasteiger charge is 2.39. The van der Waals surface area contributed by atoms with Crippen molar-refractivity contribution < 1.29 is 23.1 Å². The van der Waals surface area contributed by atoms with Gasteiger partial charge in [-0.1, -0.05) is 96.0 Å². The summed E-state index contributed by atoms with van der Waals surface area (Å²) in [7, 11) is 0. The zero-order chi connectivity index (χ0) is 30.5. The van der Waals surface area contributed by atoms with Crippen LogP contribution in [0.1, 0.15) is 28.3 Å². The zero-order valence-electron chi connectivity index (χ0n) is 22.4. The number of anilines is 1. The van der Waals surface area contributed by atoms with Crippen LogP contribution in [0.15, 0.2) is 95.8 Å². The number of carbonyl (C=O) groups is 1. The summed E-state index contributed by atoms with van der Waals surface area (Å²) >= 11 is 13.2. The zero-order valence-corrected chi connectivity index (χ0v) is 23.9. The molecule has 6 rings (SSSR count). The van der Waals surface area contributed by atoms with Crippen molar-refractivity contribution in [3.05, 3.63) is 134 Å². The lowest BCUT2D eigenvalue weighted by atomic mass is 9.92. The molecule has 4 aromatic carbocycles. The number of carboxylic acid groups (broad SMARTS) is 1. The molecule has 0 amide bonds. The van der Waals surface area contributed by atoms with E-state index in [1.54, 1.807) is 17.0 Å². The molecule has 2 heterocycles. The molecule has 1 N–H and O–H groups in total. The van der Waals surface area contributed by atoms with Gasteiger partial charge in [-0.3, -0.25) is 9.36 Å². The van der Waals surface area contributed by atoms with Gasteiger partial charge >= 0.3 is 12.1 Å². The quantitative estimate of drug-likeness (QED) is 0.207. The van der Waals surface area contributed by atoms with Crippen LogP contribution in [-0.4, -0.2) is 22.2 Å². The van der Waals surface area contributed by atoms with Gasteiger partial charge in [-0.05, 0) is 45.8 Å². The van der Waals surface area contributed by atoms with E-state index in [0.29, 0.717) is 10.6 Å². The molecular formula is C33H23Cl2F3N2O3. The molecule has 0 radical (unpaired) electrons. The summed E-state index contributed by atoms with van der Waals surface area (Å²) in [6.07, 6.45) is -4.55. The fraction of sp³-hybridized carbons (Fsp3) is 0.152. The predicted octanol–water partition coefficient (Wildman–Crippen LogP) is 8.23. The normalized spacial score (nSPS) is 14.7. The molecule has 1 unspecified atom stereocenters. The first-order chi connectivity index (χ1) is 20.5. The number of hydrogen-bond donors (Lipinski definition) is 1. The average molecular weight is 623 g/mol. The first-order valence-corrected chi connectivity index (χ1v) is 14.1. The van der Waals surface area contributed by atoms with Crippen molar-refractivity contribution in [2.24, 2.45) is 0 Å². The van der Waals surface area contributed by atoms with Crippen LogP contribution in [0.25, 0.3) is 21.9 Å². The molecule has 1 atom stereocenters. The molecule has 5 aromatic rings. The Labute approximate surface area is 254 Å². The number of alkyl halides is 3. The van der Waals surface area contributed by atoms with Crippen LogP contribution in [0.4, 0.5) is 19.0 Å². The van der Waals surface area contributed by atoms with Gasteiger partial charge in [-0.2, -0.15) is 13.2 Å². The van der Waals surface area contributed by atoms with E-state index in [4.69, 9.17) is 23.2 Å². The lowest BCUT2D eigenvalue weighted by Gasteiger charge is -2.25. The minimum Gasteiger partial charge on any atom is -0.480 e. The maximum atomic E-state index is 13.9. The molecule has 5 nitrogen and oxygen atoms in total. The van der Waals surface area contributed by atoms with E-state index < -0.39 is 29.3 Å². The molecule has 0 aliphatic carbocycles. The van der Waals surface area contributed by atoms with Gasteiger partial charge in [0.25, 0.3) is 5.56 Å². The first-order valence-electron chi connectivity index (χ1n) is 13.4. The Kier molecular flexibility index (Phi) is 7.44.